The van der Waals surface area contributed by atoms with E-state index in [9.17, 15) is 0 Å². The third-order valence-corrected chi connectivity index (χ3v) is 2.00. The highest BCUT2D eigenvalue weighted by Gasteiger charge is 2.05. The predicted octanol–water partition coefficient (Wildman–Crippen LogP) is 1.39. The molecule has 0 spiro atoms. The van der Waals surface area contributed by atoms with Crippen LogP contribution in [0.4, 0.5) is 6.01 Å². The third kappa shape index (κ3) is 2.28. The highest BCUT2D eigenvalue weighted by molar-refractivity contribution is 5.30. The first-order chi connectivity index (χ1) is 7.79. The standard InChI is InChI=1S/C10H12N4O2/c1-7-13-10(16-14-7)12-6-8-4-3-5-11-9(8)15-2/h3-5H,6H2,1-2H3,(H,12,13,14). The topological polar surface area (TPSA) is 73.1 Å². The molecule has 0 saturated heterocycles. The van der Waals surface area contributed by atoms with Gasteiger partial charge in [-0.2, -0.15) is 4.98 Å². The Morgan fingerprint density at radius 1 is 1.50 bits per heavy atom. The van der Waals surface area contributed by atoms with Gasteiger partial charge in [0.2, 0.25) is 5.88 Å². The Balaban J connectivity index is 2.04. The largest absolute Gasteiger partial charge is 0.481 e. The maximum absolute atomic E-state index is 5.12. The molecule has 0 fully saturated rings. The molecular formula is C10H12N4O2. The van der Waals surface area contributed by atoms with Crippen molar-refractivity contribution >= 4 is 6.01 Å². The van der Waals surface area contributed by atoms with Crippen molar-refractivity contribution in [3.05, 3.63) is 29.7 Å². The number of nitrogens with one attached hydrogen (secondary N) is 1. The fourth-order valence-electron chi connectivity index (χ4n) is 1.28. The first-order valence-corrected chi connectivity index (χ1v) is 4.81. The molecule has 84 valence electrons. The summed E-state index contributed by atoms with van der Waals surface area (Å²) in [5.41, 5.74) is 0.931. The summed E-state index contributed by atoms with van der Waals surface area (Å²) in [6, 6.07) is 4.16. The van der Waals surface area contributed by atoms with Crippen LogP contribution >= 0.6 is 0 Å². The Morgan fingerprint density at radius 3 is 3.06 bits per heavy atom. The van der Waals surface area contributed by atoms with Crippen molar-refractivity contribution in [1.82, 2.24) is 15.1 Å². The summed E-state index contributed by atoms with van der Waals surface area (Å²) in [7, 11) is 1.59. The van der Waals surface area contributed by atoms with Gasteiger partial charge in [-0.25, -0.2) is 4.98 Å². The zero-order chi connectivity index (χ0) is 11.4. The lowest BCUT2D eigenvalue weighted by Gasteiger charge is -2.06. The van der Waals surface area contributed by atoms with Gasteiger partial charge in [-0.15, -0.1) is 0 Å². The van der Waals surface area contributed by atoms with Crippen LogP contribution in [0.15, 0.2) is 22.9 Å². The summed E-state index contributed by atoms with van der Waals surface area (Å²) in [5, 5.41) is 6.67. The quantitative estimate of drug-likeness (QED) is 0.839. The van der Waals surface area contributed by atoms with E-state index in [2.05, 4.69) is 20.4 Å². The van der Waals surface area contributed by atoms with Gasteiger partial charge in [-0.05, 0) is 13.0 Å². The molecule has 0 aliphatic heterocycles. The molecule has 0 amide bonds. The lowest BCUT2D eigenvalue weighted by Crippen LogP contribution is -2.02. The van der Waals surface area contributed by atoms with Crippen LogP contribution in [0.5, 0.6) is 5.88 Å². The van der Waals surface area contributed by atoms with Crippen molar-refractivity contribution in [2.45, 2.75) is 13.5 Å². The molecule has 2 rings (SSSR count). The minimum atomic E-state index is 0.392. The summed E-state index contributed by atoms with van der Waals surface area (Å²) in [6.07, 6.45) is 1.68. The van der Waals surface area contributed by atoms with Crippen molar-refractivity contribution in [2.75, 3.05) is 12.4 Å². The number of hydrogen-bond donors (Lipinski definition) is 1. The number of pyridine rings is 1. The fourth-order valence-corrected chi connectivity index (χ4v) is 1.28. The number of aryl methyl sites for hydroxylation is 1. The first-order valence-electron chi connectivity index (χ1n) is 4.81. The third-order valence-electron chi connectivity index (χ3n) is 2.00. The Bertz CT molecular complexity index is 469. The van der Waals surface area contributed by atoms with Gasteiger partial charge in [0.15, 0.2) is 5.82 Å². The molecule has 16 heavy (non-hydrogen) atoms. The van der Waals surface area contributed by atoms with E-state index >= 15 is 0 Å². The SMILES string of the molecule is COc1ncccc1CNc1nc(C)no1. The Labute approximate surface area is 92.7 Å². The van der Waals surface area contributed by atoms with Crippen molar-refractivity contribution in [1.29, 1.82) is 0 Å². The molecule has 0 atom stereocenters. The van der Waals surface area contributed by atoms with Crippen LogP contribution in [0, 0.1) is 6.92 Å². The average Bonchev–Trinajstić information content (AvgIpc) is 2.73. The molecule has 0 aromatic carbocycles. The second kappa shape index (κ2) is 4.61. The van der Waals surface area contributed by atoms with Gasteiger partial charge in [0.25, 0.3) is 0 Å². The molecule has 0 radical (unpaired) electrons. The predicted molar refractivity (Wildman–Crippen MR) is 57.2 cm³/mol. The van der Waals surface area contributed by atoms with E-state index in [-0.39, 0.29) is 0 Å². The molecule has 6 nitrogen and oxygen atoms in total. The lowest BCUT2D eigenvalue weighted by molar-refractivity contribution is 0.392. The smallest absolute Gasteiger partial charge is 0.321 e. The molecule has 2 heterocycles. The summed E-state index contributed by atoms with van der Waals surface area (Å²) in [6.45, 7) is 2.29. The highest BCUT2D eigenvalue weighted by atomic mass is 16.5. The van der Waals surface area contributed by atoms with Crippen LogP contribution in [0.25, 0.3) is 0 Å². The molecule has 0 saturated carbocycles. The molecular weight excluding hydrogens is 208 g/mol. The number of hydrogen-bond acceptors (Lipinski definition) is 6. The minimum Gasteiger partial charge on any atom is -0.481 e. The number of ether oxygens (including phenoxy) is 1. The van der Waals surface area contributed by atoms with E-state index in [4.69, 9.17) is 9.26 Å². The van der Waals surface area contributed by atoms with Gasteiger partial charge < -0.3 is 14.6 Å². The van der Waals surface area contributed by atoms with Crippen LogP contribution in [-0.2, 0) is 6.54 Å². The van der Waals surface area contributed by atoms with Crippen LogP contribution in [0.3, 0.4) is 0 Å². The molecule has 0 aliphatic carbocycles. The first kappa shape index (κ1) is 10.4. The van der Waals surface area contributed by atoms with Gasteiger partial charge in [-0.1, -0.05) is 11.2 Å². The monoisotopic (exact) mass is 220 g/mol. The van der Waals surface area contributed by atoms with E-state index in [0.717, 1.165) is 5.56 Å². The van der Waals surface area contributed by atoms with Gasteiger partial charge >= 0.3 is 6.01 Å². The molecule has 0 unspecified atom stereocenters. The number of aromatic nitrogens is 3. The van der Waals surface area contributed by atoms with Gasteiger partial charge in [0.1, 0.15) is 0 Å². The Hall–Kier alpha value is -2.11. The van der Waals surface area contributed by atoms with Gasteiger partial charge in [-0.3, -0.25) is 0 Å². The molecule has 1 N–H and O–H groups in total. The number of anilines is 1. The van der Waals surface area contributed by atoms with Gasteiger partial charge in [0.05, 0.1) is 7.11 Å². The summed E-state index contributed by atoms with van der Waals surface area (Å²) < 4.78 is 10.0. The maximum atomic E-state index is 5.12. The van der Waals surface area contributed by atoms with Gasteiger partial charge in [0, 0.05) is 18.3 Å². The number of nitrogens with zero attached hydrogens (tertiary/aromatic N) is 3. The fraction of sp³-hybridized carbons (Fsp3) is 0.300. The highest BCUT2D eigenvalue weighted by Crippen LogP contribution is 2.15. The van der Waals surface area contributed by atoms with Crippen LogP contribution < -0.4 is 10.1 Å². The van der Waals surface area contributed by atoms with E-state index in [1.54, 1.807) is 20.2 Å². The number of rotatable bonds is 4. The zero-order valence-corrected chi connectivity index (χ0v) is 9.10. The summed E-state index contributed by atoms with van der Waals surface area (Å²) >= 11 is 0. The summed E-state index contributed by atoms with van der Waals surface area (Å²) in [5.74, 6) is 1.19. The molecule has 2 aromatic heterocycles. The normalized spacial score (nSPS) is 10.1. The van der Waals surface area contributed by atoms with E-state index in [1.807, 2.05) is 12.1 Å². The maximum Gasteiger partial charge on any atom is 0.321 e. The zero-order valence-electron chi connectivity index (χ0n) is 9.10. The Morgan fingerprint density at radius 2 is 2.38 bits per heavy atom. The van der Waals surface area contributed by atoms with E-state index in [0.29, 0.717) is 24.3 Å². The molecule has 2 aromatic rings. The second-order valence-electron chi connectivity index (χ2n) is 3.17. The van der Waals surface area contributed by atoms with Crippen LogP contribution in [0.1, 0.15) is 11.4 Å². The Kier molecular flexibility index (Phi) is 3.00. The molecule has 6 heteroatoms. The van der Waals surface area contributed by atoms with Crippen molar-refractivity contribution in [3.8, 4) is 5.88 Å². The average molecular weight is 220 g/mol. The van der Waals surface area contributed by atoms with Crippen molar-refractivity contribution in [3.63, 3.8) is 0 Å². The molecule has 0 bridgehead atoms. The molecule has 0 aliphatic rings. The van der Waals surface area contributed by atoms with E-state index < -0.39 is 0 Å². The number of methoxy groups -OCH3 is 1. The van der Waals surface area contributed by atoms with Crippen LogP contribution in [0.2, 0.25) is 0 Å². The minimum absolute atomic E-state index is 0.392. The van der Waals surface area contributed by atoms with E-state index in [1.165, 1.54) is 0 Å². The van der Waals surface area contributed by atoms with Crippen molar-refractivity contribution < 1.29 is 9.26 Å². The van der Waals surface area contributed by atoms with Crippen LogP contribution in [-0.4, -0.2) is 22.2 Å². The lowest BCUT2D eigenvalue weighted by atomic mass is 10.3. The second-order valence-corrected chi connectivity index (χ2v) is 3.17. The van der Waals surface area contributed by atoms with Crippen molar-refractivity contribution in [2.24, 2.45) is 0 Å². The summed E-state index contributed by atoms with van der Waals surface area (Å²) in [4.78, 5) is 8.12.